The van der Waals surface area contributed by atoms with Crippen LogP contribution < -0.4 is 11.1 Å². The van der Waals surface area contributed by atoms with Gasteiger partial charge in [-0.1, -0.05) is 0 Å². The second-order valence-electron chi connectivity index (χ2n) is 3.09. The average Bonchev–Trinajstić information content (AvgIpc) is 2.80. The van der Waals surface area contributed by atoms with Crippen LogP contribution in [0.4, 0.5) is 0 Å². The van der Waals surface area contributed by atoms with Crippen molar-refractivity contribution in [3.63, 3.8) is 0 Å². The van der Waals surface area contributed by atoms with Crippen LogP contribution in [0.1, 0.15) is 12.8 Å². The number of nitrogens with one attached hydrogen (secondary N) is 1. The maximum Gasteiger partial charge on any atom is 0.0110 e. The van der Waals surface area contributed by atoms with Crippen LogP contribution in [0.5, 0.6) is 0 Å². The first-order chi connectivity index (χ1) is 5.43. The zero-order valence-electron chi connectivity index (χ0n) is 7.18. The van der Waals surface area contributed by atoms with Crippen LogP contribution in [0, 0.1) is 0 Å². The van der Waals surface area contributed by atoms with E-state index >= 15 is 0 Å². The standard InChI is InChI=1S/C8H19N3/c9-3-1-4-10-5-2-6-11-7-8-11/h10H,1-9H2. The lowest BCUT2D eigenvalue weighted by Crippen LogP contribution is -2.21. The highest BCUT2D eigenvalue weighted by atomic mass is 15.2. The summed E-state index contributed by atoms with van der Waals surface area (Å²) < 4.78 is 0. The molecule has 11 heavy (non-hydrogen) atoms. The Hall–Kier alpha value is -0.120. The van der Waals surface area contributed by atoms with E-state index in [0.29, 0.717) is 0 Å². The molecule has 1 rings (SSSR count). The van der Waals surface area contributed by atoms with Gasteiger partial charge in [-0.3, -0.25) is 0 Å². The molecule has 1 heterocycles. The molecule has 3 heteroatoms. The summed E-state index contributed by atoms with van der Waals surface area (Å²) in [6.07, 6.45) is 2.38. The summed E-state index contributed by atoms with van der Waals surface area (Å²) in [4.78, 5) is 2.45. The second kappa shape index (κ2) is 5.52. The van der Waals surface area contributed by atoms with Crippen LogP contribution in [0.15, 0.2) is 0 Å². The minimum atomic E-state index is 0.805. The van der Waals surface area contributed by atoms with Gasteiger partial charge in [-0.05, 0) is 39.0 Å². The lowest BCUT2D eigenvalue weighted by molar-refractivity contribution is 0.511. The van der Waals surface area contributed by atoms with Gasteiger partial charge in [0.15, 0.2) is 0 Å². The van der Waals surface area contributed by atoms with Gasteiger partial charge in [0.25, 0.3) is 0 Å². The van der Waals surface area contributed by atoms with Gasteiger partial charge in [-0.25, -0.2) is 0 Å². The maximum atomic E-state index is 5.35. The molecule has 0 aromatic rings. The smallest absolute Gasteiger partial charge is 0.0110 e. The van der Waals surface area contributed by atoms with E-state index in [-0.39, 0.29) is 0 Å². The molecule has 0 aromatic heterocycles. The Morgan fingerprint density at radius 2 is 1.91 bits per heavy atom. The predicted octanol–water partition coefficient (Wildman–Crippen LogP) is -0.369. The van der Waals surface area contributed by atoms with E-state index in [1.165, 1.54) is 26.1 Å². The summed E-state index contributed by atoms with van der Waals surface area (Å²) >= 11 is 0. The number of hydrogen-bond acceptors (Lipinski definition) is 3. The first-order valence-electron chi connectivity index (χ1n) is 4.56. The Balaban J connectivity index is 1.66. The highest BCUT2D eigenvalue weighted by molar-refractivity contribution is 4.71. The molecule has 0 aromatic carbocycles. The minimum absolute atomic E-state index is 0.805. The third kappa shape index (κ3) is 5.18. The fourth-order valence-electron chi connectivity index (χ4n) is 1.07. The Bertz CT molecular complexity index is 91.3. The van der Waals surface area contributed by atoms with Crippen molar-refractivity contribution in [2.24, 2.45) is 5.73 Å². The third-order valence-corrected chi connectivity index (χ3v) is 1.93. The molecule has 0 bridgehead atoms. The molecular formula is C8H19N3. The van der Waals surface area contributed by atoms with Gasteiger partial charge in [0, 0.05) is 13.1 Å². The fraction of sp³-hybridized carbons (Fsp3) is 1.00. The van der Waals surface area contributed by atoms with Crippen molar-refractivity contribution >= 4 is 0 Å². The molecule has 3 nitrogen and oxygen atoms in total. The average molecular weight is 157 g/mol. The van der Waals surface area contributed by atoms with E-state index in [2.05, 4.69) is 10.2 Å². The first kappa shape index (κ1) is 8.97. The summed E-state index contributed by atoms with van der Waals surface area (Å²) in [5.41, 5.74) is 5.35. The maximum absolute atomic E-state index is 5.35. The van der Waals surface area contributed by atoms with Crippen LogP contribution in [0.3, 0.4) is 0 Å². The van der Waals surface area contributed by atoms with Crippen molar-refractivity contribution < 1.29 is 0 Å². The second-order valence-corrected chi connectivity index (χ2v) is 3.09. The summed E-state index contributed by atoms with van der Waals surface area (Å²) in [6.45, 7) is 6.95. The topological polar surface area (TPSA) is 41.1 Å². The van der Waals surface area contributed by atoms with Crippen LogP contribution in [0.25, 0.3) is 0 Å². The predicted molar refractivity (Wildman–Crippen MR) is 47.6 cm³/mol. The van der Waals surface area contributed by atoms with Gasteiger partial charge in [0.05, 0.1) is 0 Å². The van der Waals surface area contributed by atoms with Crippen molar-refractivity contribution in [3.05, 3.63) is 0 Å². The number of nitrogens with zero attached hydrogens (tertiary/aromatic N) is 1. The van der Waals surface area contributed by atoms with E-state index in [1.807, 2.05) is 0 Å². The van der Waals surface area contributed by atoms with Crippen molar-refractivity contribution in [1.82, 2.24) is 10.2 Å². The molecule has 0 amide bonds. The number of rotatable bonds is 7. The molecule has 0 aliphatic carbocycles. The zero-order chi connectivity index (χ0) is 7.94. The number of nitrogens with two attached hydrogens (primary N) is 1. The van der Waals surface area contributed by atoms with Gasteiger partial charge in [0.2, 0.25) is 0 Å². The lowest BCUT2D eigenvalue weighted by atomic mass is 10.4. The third-order valence-electron chi connectivity index (χ3n) is 1.93. The van der Waals surface area contributed by atoms with E-state index in [1.54, 1.807) is 0 Å². The quantitative estimate of drug-likeness (QED) is 0.391. The van der Waals surface area contributed by atoms with Crippen molar-refractivity contribution in [2.45, 2.75) is 12.8 Å². The molecule has 1 saturated heterocycles. The van der Waals surface area contributed by atoms with Gasteiger partial charge in [-0.15, -0.1) is 0 Å². The molecule has 1 aliphatic rings. The normalized spacial score (nSPS) is 17.2. The number of hydrogen-bond donors (Lipinski definition) is 2. The van der Waals surface area contributed by atoms with Crippen LogP contribution in [0.2, 0.25) is 0 Å². The molecule has 1 aliphatic heterocycles. The Morgan fingerprint density at radius 1 is 1.18 bits per heavy atom. The Kier molecular flexibility index (Phi) is 4.50. The summed E-state index contributed by atoms with van der Waals surface area (Å²) in [5, 5.41) is 3.36. The van der Waals surface area contributed by atoms with Crippen molar-refractivity contribution in [1.29, 1.82) is 0 Å². The Morgan fingerprint density at radius 3 is 2.55 bits per heavy atom. The molecule has 3 N–H and O–H groups in total. The summed E-state index contributed by atoms with van der Waals surface area (Å²) in [6, 6.07) is 0. The summed E-state index contributed by atoms with van der Waals surface area (Å²) in [5.74, 6) is 0. The van der Waals surface area contributed by atoms with Crippen LogP contribution >= 0.6 is 0 Å². The highest BCUT2D eigenvalue weighted by Gasteiger charge is 2.14. The molecule has 1 fully saturated rings. The fourth-order valence-corrected chi connectivity index (χ4v) is 1.07. The van der Waals surface area contributed by atoms with Crippen LogP contribution in [-0.2, 0) is 0 Å². The molecule has 0 unspecified atom stereocenters. The highest BCUT2D eigenvalue weighted by Crippen LogP contribution is 2.02. The monoisotopic (exact) mass is 157 g/mol. The van der Waals surface area contributed by atoms with E-state index in [9.17, 15) is 0 Å². The molecule has 0 radical (unpaired) electrons. The van der Waals surface area contributed by atoms with E-state index < -0.39 is 0 Å². The molecular weight excluding hydrogens is 138 g/mol. The molecule has 0 saturated carbocycles. The zero-order valence-corrected chi connectivity index (χ0v) is 7.18. The van der Waals surface area contributed by atoms with Crippen LogP contribution in [-0.4, -0.2) is 44.2 Å². The van der Waals surface area contributed by atoms with Crippen molar-refractivity contribution in [3.8, 4) is 0 Å². The molecule has 0 atom stereocenters. The van der Waals surface area contributed by atoms with Gasteiger partial charge in [0.1, 0.15) is 0 Å². The lowest BCUT2D eigenvalue weighted by Gasteiger charge is -2.03. The van der Waals surface area contributed by atoms with E-state index in [0.717, 1.165) is 26.1 Å². The van der Waals surface area contributed by atoms with E-state index in [4.69, 9.17) is 5.73 Å². The first-order valence-corrected chi connectivity index (χ1v) is 4.56. The van der Waals surface area contributed by atoms with Crippen molar-refractivity contribution in [2.75, 3.05) is 39.3 Å². The SMILES string of the molecule is NCCCNCCCN1CC1. The molecule has 0 spiro atoms. The minimum Gasteiger partial charge on any atom is -0.330 e. The van der Waals surface area contributed by atoms with Gasteiger partial charge in [-0.2, -0.15) is 0 Å². The Labute approximate surface area is 68.9 Å². The van der Waals surface area contributed by atoms with Gasteiger partial charge < -0.3 is 16.0 Å². The van der Waals surface area contributed by atoms with Gasteiger partial charge >= 0.3 is 0 Å². The summed E-state index contributed by atoms with van der Waals surface area (Å²) in [7, 11) is 0. The largest absolute Gasteiger partial charge is 0.330 e. The molecule has 66 valence electrons.